The van der Waals surface area contributed by atoms with E-state index >= 15 is 0 Å². The zero-order valence-electron chi connectivity index (χ0n) is 7.71. The van der Waals surface area contributed by atoms with Crippen molar-refractivity contribution in [2.45, 2.75) is 12.5 Å². The Morgan fingerprint density at radius 1 is 1.64 bits per heavy atom. The minimum Gasteiger partial charge on any atom is -0.467 e. The van der Waals surface area contributed by atoms with Gasteiger partial charge in [-0.25, -0.2) is 4.79 Å². The lowest BCUT2D eigenvalue weighted by Crippen LogP contribution is -2.27. The monoisotopic (exact) mass is 211 g/mol. The molecule has 0 amide bonds. The molecule has 1 heterocycles. The lowest BCUT2D eigenvalue weighted by Gasteiger charge is -2.07. The SMILES string of the molecule is COC(=O)C1Cc2c(Cl)cccc2N1. The van der Waals surface area contributed by atoms with E-state index < -0.39 is 0 Å². The van der Waals surface area contributed by atoms with Gasteiger partial charge in [0.25, 0.3) is 0 Å². The Balaban J connectivity index is 2.26. The van der Waals surface area contributed by atoms with Crippen molar-refractivity contribution in [3.8, 4) is 0 Å². The second-order valence-corrected chi connectivity index (χ2v) is 3.60. The molecule has 1 aliphatic heterocycles. The molecule has 3 nitrogen and oxygen atoms in total. The molecule has 74 valence electrons. The molecule has 1 aliphatic rings. The zero-order valence-corrected chi connectivity index (χ0v) is 8.47. The van der Waals surface area contributed by atoms with Crippen LogP contribution in [0.25, 0.3) is 0 Å². The summed E-state index contributed by atoms with van der Waals surface area (Å²) in [6.45, 7) is 0. The summed E-state index contributed by atoms with van der Waals surface area (Å²) in [5.74, 6) is -0.253. The van der Waals surface area contributed by atoms with Crippen molar-refractivity contribution in [3.05, 3.63) is 28.8 Å². The third kappa shape index (κ3) is 1.44. The highest BCUT2D eigenvalue weighted by Crippen LogP contribution is 2.31. The summed E-state index contributed by atoms with van der Waals surface area (Å²) in [6, 6.07) is 5.29. The van der Waals surface area contributed by atoms with Crippen LogP contribution in [0.1, 0.15) is 5.56 Å². The van der Waals surface area contributed by atoms with E-state index in [2.05, 4.69) is 10.1 Å². The summed E-state index contributed by atoms with van der Waals surface area (Å²) >= 11 is 5.99. The third-order valence-electron chi connectivity index (χ3n) is 2.34. The quantitative estimate of drug-likeness (QED) is 0.721. The van der Waals surface area contributed by atoms with Crippen LogP contribution < -0.4 is 5.32 Å². The molecular weight excluding hydrogens is 202 g/mol. The lowest BCUT2D eigenvalue weighted by molar-refractivity contribution is -0.141. The number of rotatable bonds is 1. The molecule has 0 spiro atoms. The molecule has 1 atom stereocenters. The van der Waals surface area contributed by atoms with Crippen molar-refractivity contribution >= 4 is 23.3 Å². The van der Waals surface area contributed by atoms with Gasteiger partial charge in [0.1, 0.15) is 6.04 Å². The van der Waals surface area contributed by atoms with Gasteiger partial charge in [0.05, 0.1) is 7.11 Å². The van der Waals surface area contributed by atoms with Crippen molar-refractivity contribution < 1.29 is 9.53 Å². The van der Waals surface area contributed by atoms with Gasteiger partial charge in [-0.2, -0.15) is 0 Å². The first-order valence-corrected chi connectivity index (χ1v) is 4.72. The molecule has 1 N–H and O–H groups in total. The van der Waals surface area contributed by atoms with Crippen LogP contribution in [-0.4, -0.2) is 19.1 Å². The number of anilines is 1. The van der Waals surface area contributed by atoms with Crippen LogP contribution in [0.5, 0.6) is 0 Å². The van der Waals surface area contributed by atoms with Gasteiger partial charge in [0.15, 0.2) is 0 Å². The lowest BCUT2D eigenvalue weighted by atomic mass is 10.1. The number of nitrogens with one attached hydrogen (secondary N) is 1. The van der Waals surface area contributed by atoms with E-state index in [9.17, 15) is 4.79 Å². The topological polar surface area (TPSA) is 38.3 Å². The van der Waals surface area contributed by atoms with Gasteiger partial charge in [0.2, 0.25) is 0 Å². The van der Waals surface area contributed by atoms with Crippen LogP contribution in [0.15, 0.2) is 18.2 Å². The molecule has 0 aromatic heterocycles. The molecule has 14 heavy (non-hydrogen) atoms. The van der Waals surface area contributed by atoms with Crippen LogP contribution in [0.4, 0.5) is 5.69 Å². The summed E-state index contributed by atoms with van der Waals surface area (Å²) in [5, 5.41) is 3.76. The predicted molar refractivity (Wildman–Crippen MR) is 54.6 cm³/mol. The van der Waals surface area contributed by atoms with Crippen molar-refractivity contribution in [1.82, 2.24) is 0 Å². The molecule has 1 aromatic carbocycles. The maximum Gasteiger partial charge on any atom is 0.328 e. The zero-order chi connectivity index (χ0) is 10.1. The third-order valence-corrected chi connectivity index (χ3v) is 2.70. The fourth-order valence-electron chi connectivity index (χ4n) is 1.63. The van der Waals surface area contributed by atoms with E-state index in [0.717, 1.165) is 11.3 Å². The normalized spacial score (nSPS) is 18.6. The molecule has 0 saturated heterocycles. The highest BCUT2D eigenvalue weighted by atomic mass is 35.5. The van der Waals surface area contributed by atoms with E-state index in [1.54, 1.807) is 0 Å². The minimum atomic E-state index is -0.296. The van der Waals surface area contributed by atoms with Gasteiger partial charge in [0, 0.05) is 17.1 Å². The van der Waals surface area contributed by atoms with Gasteiger partial charge in [-0.3, -0.25) is 0 Å². The number of fused-ring (bicyclic) bond motifs is 1. The Morgan fingerprint density at radius 2 is 2.43 bits per heavy atom. The Morgan fingerprint density at radius 3 is 3.07 bits per heavy atom. The molecule has 4 heteroatoms. The summed E-state index contributed by atoms with van der Waals surface area (Å²) < 4.78 is 4.66. The second-order valence-electron chi connectivity index (χ2n) is 3.19. The van der Waals surface area contributed by atoms with E-state index in [0.29, 0.717) is 11.4 Å². The standard InChI is InChI=1S/C10H10ClNO2/c1-14-10(13)9-5-6-7(11)3-2-4-8(6)12-9/h2-4,9,12H,5H2,1H3. The Hall–Kier alpha value is -1.22. The fraction of sp³-hybridized carbons (Fsp3) is 0.300. The number of esters is 1. The van der Waals surface area contributed by atoms with Crippen LogP contribution in [-0.2, 0) is 16.0 Å². The van der Waals surface area contributed by atoms with E-state index in [1.165, 1.54) is 7.11 Å². The second kappa shape index (κ2) is 3.50. The number of carbonyl (C=O) groups is 1. The van der Waals surface area contributed by atoms with Crippen LogP contribution in [0.2, 0.25) is 5.02 Å². The summed E-state index contributed by atoms with van der Waals surface area (Å²) in [6.07, 6.45) is 0.599. The van der Waals surface area contributed by atoms with Crippen LogP contribution in [0.3, 0.4) is 0 Å². The Kier molecular flexibility index (Phi) is 2.33. The number of benzene rings is 1. The maximum absolute atomic E-state index is 11.3. The van der Waals surface area contributed by atoms with Crippen LogP contribution in [0, 0.1) is 0 Å². The fourth-order valence-corrected chi connectivity index (χ4v) is 1.88. The molecule has 0 radical (unpaired) electrons. The highest BCUT2D eigenvalue weighted by Gasteiger charge is 2.28. The summed E-state index contributed by atoms with van der Waals surface area (Å²) in [4.78, 5) is 11.3. The predicted octanol–water partition coefficient (Wildman–Crippen LogP) is 1.85. The average Bonchev–Trinajstić information content (AvgIpc) is 2.62. The molecule has 1 unspecified atom stereocenters. The first-order valence-electron chi connectivity index (χ1n) is 4.34. The van der Waals surface area contributed by atoms with E-state index in [-0.39, 0.29) is 12.0 Å². The number of carbonyl (C=O) groups excluding carboxylic acids is 1. The van der Waals surface area contributed by atoms with Crippen molar-refractivity contribution in [3.63, 3.8) is 0 Å². The first-order chi connectivity index (χ1) is 6.72. The molecule has 0 aliphatic carbocycles. The number of halogens is 1. The number of ether oxygens (including phenoxy) is 1. The number of hydrogen-bond acceptors (Lipinski definition) is 3. The maximum atomic E-state index is 11.3. The largest absolute Gasteiger partial charge is 0.467 e. The Labute approximate surface area is 87.0 Å². The summed E-state index contributed by atoms with van der Waals surface area (Å²) in [7, 11) is 1.38. The minimum absolute atomic E-state index is 0.253. The molecular formula is C10H10ClNO2. The van der Waals surface area contributed by atoms with Crippen molar-refractivity contribution in [2.75, 3.05) is 12.4 Å². The average molecular weight is 212 g/mol. The van der Waals surface area contributed by atoms with Gasteiger partial charge >= 0.3 is 5.97 Å². The smallest absolute Gasteiger partial charge is 0.328 e. The van der Waals surface area contributed by atoms with Crippen molar-refractivity contribution in [2.24, 2.45) is 0 Å². The van der Waals surface area contributed by atoms with Gasteiger partial charge < -0.3 is 10.1 Å². The Bertz CT molecular complexity index is 378. The number of methoxy groups -OCH3 is 1. The van der Waals surface area contributed by atoms with Gasteiger partial charge in [-0.15, -0.1) is 0 Å². The summed E-state index contributed by atoms with van der Waals surface area (Å²) in [5.41, 5.74) is 1.91. The van der Waals surface area contributed by atoms with E-state index in [4.69, 9.17) is 11.6 Å². The van der Waals surface area contributed by atoms with Crippen molar-refractivity contribution in [1.29, 1.82) is 0 Å². The first kappa shape index (κ1) is 9.34. The van der Waals surface area contributed by atoms with Gasteiger partial charge in [-0.05, 0) is 17.7 Å². The molecule has 0 fully saturated rings. The molecule has 0 bridgehead atoms. The molecule has 0 saturated carbocycles. The molecule has 2 rings (SSSR count). The van der Waals surface area contributed by atoms with Gasteiger partial charge in [-0.1, -0.05) is 17.7 Å². The van der Waals surface area contributed by atoms with E-state index in [1.807, 2.05) is 18.2 Å². The molecule has 1 aromatic rings. The van der Waals surface area contributed by atoms with Crippen LogP contribution >= 0.6 is 11.6 Å². The highest BCUT2D eigenvalue weighted by molar-refractivity contribution is 6.31. The number of hydrogen-bond donors (Lipinski definition) is 1.